The molecule has 1 rings (SSSR count). The summed E-state index contributed by atoms with van der Waals surface area (Å²) in [7, 11) is -3.23. The Morgan fingerprint density at radius 1 is 1.26 bits per heavy atom. The van der Waals surface area contributed by atoms with Crippen LogP contribution in [-0.4, -0.2) is 73.2 Å². The minimum absolute atomic E-state index is 0.0358. The third-order valence-corrected chi connectivity index (χ3v) is 5.40. The fraction of sp³-hybridized carbons (Fsp3) is 0.909. The Morgan fingerprint density at radius 3 is 2.16 bits per heavy atom. The van der Waals surface area contributed by atoms with Gasteiger partial charge < -0.3 is 10.8 Å². The SMILES string of the molecule is CC(C)CS(=O)(=O)N1CCN(C(CN)C(=O)O)CC1. The lowest BCUT2D eigenvalue weighted by molar-refractivity contribution is -0.143. The smallest absolute Gasteiger partial charge is 0.322 e. The number of carboxylic acid groups (broad SMARTS) is 1. The van der Waals surface area contributed by atoms with Crippen molar-refractivity contribution in [3.8, 4) is 0 Å². The highest BCUT2D eigenvalue weighted by molar-refractivity contribution is 7.89. The molecule has 1 saturated heterocycles. The second-order valence-electron chi connectivity index (χ2n) is 5.20. The number of rotatable bonds is 6. The van der Waals surface area contributed by atoms with Crippen molar-refractivity contribution in [2.24, 2.45) is 11.7 Å². The van der Waals surface area contributed by atoms with Crippen LogP contribution in [0.15, 0.2) is 0 Å². The summed E-state index contributed by atoms with van der Waals surface area (Å²) in [6.07, 6.45) is 0. The zero-order chi connectivity index (χ0) is 14.6. The molecule has 19 heavy (non-hydrogen) atoms. The first-order valence-corrected chi connectivity index (χ1v) is 8.03. The third-order valence-electron chi connectivity index (χ3n) is 3.16. The molecule has 0 aromatic heterocycles. The predicted molar refractivity (Wildman–Crippen MR) is 72.2 cm³/mol. The molecule has 0 saturated carbocycles. The minimum atomic E-state index is -3.23. The van der Waals surface area contributed by atoms with Crippen LogP contribution in [0, 0.1) is 5.92 Å². The number of carbonyl (C=O) groups is 1. The van der Waals surface area contributed by atoms with Crippen LogP contribution in [-0.2, 0) is 14.8 Å². The maximum Gasteiger partial charge on any atom is 0.322 e. The molecule has 0 amide bonds. The van der Waals surface area contributed by atoms with Crippen LogP contribution in [0.25, 0.3) is 0 Å². The number of hydrogen-bond acceptors (Lipinski definition) is 5. The summed E-state index contributed by atoms with van der Waals surface area (Å²) in [5.41, 5.74) is 5.44. The van der Waals surface area contributed by atoms with Crippen molar-refractivity contribution in [3.63, 3.8) is 0 Å². The van der Waals surface area contributed by atoms with Crippen molar-refractivity contribution in [2.45, 2.75) is 19.9 Å². The molecule has 112 valence electrons. The van der Waals surface area contributed by atoms with E-state index in [1.165, 1.54) is 4.31 Å². The lowest BCUT2D eigenvalue weighted by atomic mass is 10.2. The monoisotopic (exact) mass is 293 g/mol. The van der Waals surface area contributed by atoms with E-state index in [9.17, 15) is 13.2 Å². The van der Waals surface area contributed by atoms with Crippen LogP contribution in [0.5, 0.6) is 0 Å². The predicted octanol–water partition coefficient (Wildman–Crippen LogP) is -0.998. The van der Waals surface area contributed by atoms with E-state index in [-0.39, 0.29) is 18.2 Å². The van der Waals surface area contributed by atoms with Crippen molar-refractivity contribution in [1.29, 1.82) is 0 Å². The van der Waals surface area contributed by atoms with Crippen LogP contribution in [0.3, 0.4) is 0 Å². The van der Waals surface area contributed by atoms with E-state index in [1.807, 2.05) is 13.8 Å². The maximum atomic E-state index is 12.0. The molecule has 0 aliphatic carbocycles. The van der Waals surface area contributed by atoms with Gasteiger partial charge in [-0.1, -0.05) is 13.8 Å². The second kappa shape index (κ2) is 6.65. The standard InChI is InChI=1S/C11H23N3O4S/c1-9(2)8-19(17,18)14-5-3-13(4-6-14)10(7-12)11(15)16/h9-10H,3-8,12H2,1-2H3,(H,15,16). The highest BCUT2D eigenvalue weighted by atomic mass is 32.2. The zero-order valence-corrected chi connectivity index (χ0v) is 12.3. The number of nitrogens with zero attached hydrogens (tertiary/aromatic N) is 2. The Labute approximate surface area is 114 Å². The van der Waals surface area contributed by atoms with Gasteiger partial charge in [0.05, 0.1) is 5.75 Å². The van der Waals surface area contributed by atoms with E-state index in [2.05, 4.69) is 0 Å². The largest absolute Gasteiger partial charge is 0.480 e. The summed E-state index contributed by atoms with van der Waals surface area (Å²) < 4.78 is 25.5. The van der Waals surface area contributed by atoms with Crippen molar-refractivity contribution in [1.82, 2.24) is 9.21 Å². The minimum Gasteiger partial charge on any atom is -0.480 e. The van der Waals surface area contributed by atoms with E-state index in [0.717, 1.165) is 0 Å². The molecular formula is C11H23N3O4S. The molecule has 1 fully saturated rings. The average molecular weight is 293 g/mol. The molecule has 0 radical (unpaired) electrons. The number of aliphatic carboxylic acids is 1. The van der Waals surface area contributed by atoms with Gasteiger partial charge in [-0.15, -0.1) is 0 Å². The Hall–Kier alpha value is -0.700. The summed E-state index contributed by atoms with van der Waals surface area (Å²) in [6.45, 7) is 5.24. The fourth-order valence-electron chi connectivity index (χ4n) is 2.23. The van der Waals surface area contributed by atoms with E-state index >= 15 is 0 Å². The van der Waals surface area contributed by atoms with Crippen LogP contribution in [0.1, 0.15) is 13.8 Å². The summed E-state index contributed by atoms with van der Waals surface area (Å²) in [4.78, 5) is 12.7. The highest BCUT2D eigenvalue weighted by Crippen LogP contribution is 2.13. The summed E-state index contributed by atoms with van der Waals surface area (Å²) >= 11 is 0. The number of nitrogens with two attached hydrogens (primary N) is 1. The molecule has 0 bridgehead atoms. The number of hydrogen-bond donors (Lipinski definition) is 2. The zero-order valence-electron chi connectivity index (χ0n) is 11.4. The molecule has 1 atom stereocenters. The Morgan fingerprint density at radius 2 is 1.79 bits per heavy atom. The lowest BCUT2D eigenvalue weighted by Crippen LogP contribution is -2.56. The van der Waals surface area contributed by atoms with Gasteiger partial charge in [0.1, 0.15) is 6.04 Å². The number of piperazine rings is 1. The molecule has 0 spiro atoms. The van der Waals surface area contributed by atoms with Gasteiger partial charge >= 0.3 is 5.97 Å². The van der Waals surface area contributed by atoms with E-state index in [4.69, 9.17) is 10.8 Å². The van der Waals surface area contributed by atoms with Gasteiger partial charge in [-0.3, -0.25) is 9.69 Å². The van der Waals surface area contributed by atoms with Gasteiger partial charge in [-0.05, 0) is 5.92 Å². The third kappa shape index (κ3) is 4.41. The Kier molecular flexibility index (Phi) is 5.72. The molecule has 1 heterocycles. The topological polar surface area (TPSA) is 104 Å². The maximum absolute atomic E-state index is 12.0. The first kappa shape index (κ1) is 16.4. The number of carboxylic acids is 1. The molecule has 1 aliphatic heterocycles. The van der Waals surface area contributed by atoms with E-state index in [1.54, 1.807) is 4.90 Å². The molecule has 1 unspecified atom stereocenters. The van der Waals surface area contributed by atoms with Gasteiger partial charge in [0.2, 0.25) is 10.0 Å². The van der Waals surface area contributed by atoms with Crippen molar-refractivity contribution in [2.75, 3.05) is 38.5 Å². The van der Waals surface area contributed by atoms with Gasteiger partial charge in [0.25, 0.3) is 0 Å². The molecule has 1 aliphatic rings. The van der Waals surface area contributed by atoms with Crippen LogP contribution < -0.4 is 5.73 Å². The molecule has 0 aromatic rings. The quantitative estimate of drug-likeness (QED) is 0.651. The van der Waals surface area contributed by atoms with Crippen LogP contribution in [0.4, 0.5) is 0 Å². The fourth-order valence-corrected chi connectivity index (χ4v) is 4.00. The lowest BCUT2D eigenvalue weighted by Gasteiger charge is -2.36. The Balaban J connectivity index is 2.60. The van der Waals surface area contributed by atoms with E-state index in [0.29, 0.717) is 26.2 Å². The second-order valence-corrected chi connectivity index (χ2v) is 7.21. The van der Waals surface area contributed by atoms with Gasteiger partial charge in [0, 0.05) is 32.7 Å². The normalized spacial score (nSPS) is 20.6. The average Bonchev–Trinajstić information content (AvgIpc) is 2.28. The molecule has 7 nitrogen and oxygen atoms in total. The first-order chi connectivity index (χ1) is 8.77. The molecule has 0 aromatic carbocycles. The van der Waals surface area contributed by atoms with Crippen LogP contribution >= 0.6 is 0 Å². The van der Waals surface area contributed by atoms with E-state index < -0.39 is 22.0 Å². The summed E-state index contributed by atoms with van der Waals surface area (Å²) in [6, 6.07) is -0.727. The summed E-state index contributed by atoms with van der Waals surface area (Å²) in [5.74, 6) is -0.744. The molecular weight excluding hydrogens is 270 g/mol. The molecule has 3 N–H and O–H groups in total. The number of sulfonamides is 1. The van der Waals surface area contributed by atoms with Crippen molar-refractivity contribution in [3.05, 3.63) is 0 Å². The summed E-state index contributed by atoms with van der Waals surface area (Å²) in [5, 5.41) is 9.02. The highest BCUT2D eigenvalue weighted by Gasteiger charge is 2.32. The first-order valence-electron chi connectivity index (χ1n) is 6.42. The van der Waals surface area contributed by atoms with Crippen molar-refractivity contribution < 1.29 is 18.3 Å². The van der Waals surface area contributed by atoms with Gasteiger partial charge in [0.15, 0.2) is 0 Å². The van der Waals surface area contributed by atoms with Crippen LogP contribution in [0.2, 0.25) is 0 Å². The van der Waals surface area contributed by atoms with Gasteiger partial charge in [-0.25, -0.2) is 8.42 Å². The van der Waals surface area contributed by atoms with Gasteiger partial charge in [-0.2, -0.15) is 4.31 Å². The molecule has 8 heteroatoms. The Bertz CT molecular complexity index is 402. The van der Waals surface area contributed by atoms with Crippen molar-refractivity contribution >= 4 is 16.0 Å².